The van der Waals surface area contributed by atoms with Crippen LogP contribution in [0.25, 0.3) is 23.2 Å². The van der Waals surface area contributed by atoms with E-state index in [0.717, 1.165) is 60.1 Å². The number of anilines is 1. The first-order chi connectivity index (χ1) is 15.8. The number of piperidine rings is 1. The highest BCUT2D eigenvalue weighted by Gasteiger charge is 2.14. The van der Waals surface area contributed by atoms with Gasteiger partial charge < -0.3 is 20.1 Å². The largest absolute Gasteiger partial charge is 0.493 e. The normalized spacial score (nSPS) is 14.2. The molecule has 2 aromatic carbocycles. The molecule has 3 aromatic rings. The van der Waals surface area contributed by atoms with Crippen LogP contribution in [0.2, 0.25) is 0 Å². The van der Waals surface area contributed by atoms with Gasteiger partial charge in [-0.25, -0.2) is 9.97 Å². The van der Waals surface area contributed by atoms with Gasteiger partial charge in [0.1, 0.15) is 5.69 Å². The average molecular weight is 469 g/mol. The molecule has 2 heterocycles. The molecule has 1 saturated heterocycles. The van der Waals surface area contributed by atoms with Crippen molar-refractivity contribution in [2.75, 3.05) is 39.2 Å². The summed E-state index contributed by atoms with van der Waals surface area (Å²) in [6.45, 7) is 3.17. The third-order valence-electron chi connectivity index (χ3n) is 5.97. The van der Waals surface area contributed by atoms with Gasteiger partial charge in [-0.15, -0.1) is 12.4 Å². The fraction of sp³-hybridized carbons (Fsp3) is 0.385. The van der Waals surface area contributed by atoms with Gasteiger partial charge in [-0.2, -0.15) is 0 Å². The number of aromatic nitrogens is 2. The van der Waals surface area contributed by atoms with E-state index in [1.807, 2.05) is 36.4 Å². The van der Waals surface area contributed by atoms with Crippen molar-refractivity contribution in [2.45, 2.75) is 25.7 Å². The number of hydrogen-bond acceptors (Lipinski definition) is 6. The topological polar surface area (TPSA) is 68.3 Å². The SMILES string of the molecule is COc1cc2nc(C=Cc3ccccc3)c(NCCCC3CCNCC3)nc2cc1OC.Cl. The highest BCUT2D eigenvalue weighted by atomic mass is 35.5. The Bertz CT molecular complexity index is 1050. The van der Waals surface area contributed by atoms with Gasteiger partial charge in [-0.1, -0.05) is 36.4 Å². The van der Waals surface area contributed by atoms with E-state index in [0.29, 0.717) is 11.5 Å². The Balaban J connectivity index is 0.00000306. The average Bonchev–Trinajstić information content (AvgIpc) is 2.85. The molecule has 4 rings (SSSR count). The van der Waals surface area contributed by atoms with Crippen molar-refractivity contribution in [3.05, 3.63) is 53.7 Å². The molecule has 176 valence electrons. The second-order valence-corrected chi connectivity index (χ2v) is 8.16. The number of hydrogen-bond donors (Lipinski definition) is 2. The van der Waals surface area contributed by atoms with E-state index in [2.05, 4.69) is 28.8 Å². The number of nitrogens with zero attached hydrogens (tertiary/aromatic N) is 2. The monoisotopic (exact) mass is 468 g/mol. The maximum atomic E-state index is 5.45. The van der Waals surface area contributed by atoms with Gasteiger partial charge in [0.25, 0.3) is 0 Å². The zero-order valence-electron chi connectivity index (χ0n) is 19.3. The molecule has 1 aliphatic rings. The van der Waals surface area contributed by atoms with Crippen molar-refractivity contribution in [2.24, 2.45) is 5.92 Å². The number of nitrogens with one attached hydrogen (secondary N) is 2. The van der Waals surface area contributed by atoms with Gasteiger partial charge in [0, 0.05) is 18.7 Å². The van der Waals surface area contributed by atoms with Gasteiger partial charge in [0.2, 0.25) is 0 Å². The first-order valence-electron chi connectivity index (χ1n) is 11.4. The fourth-order valence-corrected chi connectivity index (χ4v) is 4.15. The van der Waals surface area contributed by atoms with Gasteiger partial charge in [0.15, 0.2) is 17.3 Å². The molecule has 1 aliphatic heterocycles. The number of halogens is 1. The summed E-state index contributed by atoms with van der Waals surface area (Å²) in [5, 5.41) is 6.97. The molecule has 0 radical (unpaired) electrons. The molecular weight excluding hydrogens is 436 g/mol. The Kier molecular flexibility index (Phi) is 9.34. The van der Waals surface area contributed by atoms with Crippen molar-refractivity contribution in [1.82, 2.24) is 15.3 Å². The molecule has 0 aliphatic carbocycles. The van der Waals surface area contributed by atoms with Crippen molar-refractivity contribution in [3.63, 3.8) is 0 Å². The van der Waals surface area contributed by atoms with Crippen LogP contribution in [0.15, 0.2) is 42.5 Å². The van der Waals surface area contributed by atoms with Crippen LogP contribution in [-0.2, 0) is 0 Å². The van der Waals surface area contributed by atoms with Crippen molar-refractivity contribution in [3.8, 4) is 11.5 Å². The summed E-state index contributed by atoms with van der Waals surface area (Å²) in [5.74, 6) is 2.92. The van der Waals surface area contributed by atoms with Gasteiger partial charge >= 0.3 is 0 Å². The second-order valence-electron chi connectivity index (χ2n) is 8.16. The molecule has 6 nitrogen and oxygen atoms in total. The van der Waals surface area contributed by atoms with E-state index >= 15 is 0 Å². The summed E-state index contributed by atoms with van der Waals surface area (Å²) < 4.78 is 10.9. The lowest BCUT2D eigenvalue weighted by atomic mass is 9.93. The molecular formula is C26H33ClN4O2. The summed E-state index contributed by atoms with van der Waals surface area (Å²) in [6.07, 6.45) is 9.02. The highest BCUT2D eigenvalue weighted by molar-refractivity contribution is 5.85. The third-order valence-corrected chi connectivity index (χ3v) is 5.97. The zero-order chi connectivity index (χ0) is 22.2. The minimum absolute atomic E-state index is 0. The van der Waals surface area contributed by atoms with Crippen molar-refractivity contribution < 1.29 is 9.47 Å². The second kappa shape index (κ2) is 12.4. The Labute approximate surface area is 202 Å². The molecule has 0 atom stereocenters. The number of fused-ring (bicyclic) bond motifs is 1. The number of ether oxygens (including phenoxy) is 2. The summed E-state index contributed by atoms with van der Waals surface area (Å²) in [6, 6.07) is 14.0. The quantitative estimate of drug-likeness (QED) is 0.408. The summed E-state index contributed by atoms with van der Waals surface area (Å²) in [5.41, 5.74) is 3.49. The molecule has 1 fully saturated rings. The molecule has 0 amide bonds. The Morgan fingerprint density at radius 1 is 0.970 bits per heavy atom. The van der Waals surface area contributed by atoms with Crippen LogP contribution in [0.5, 0.6) is 11.5 Å². The maximum Gasteiger partial charge on any atom is 0.163 e. The van der Waals surface area contributed by atoms with Gasteiger partial charge in [-0.3, -0.25) is 0 Å². The first-order valence-corrected chi connectivity index (χ1v) is 11.4. The lowest BCUT2D eigenvalue weighted by Gasteiger charge is -2.22. The minimum atomic E-state index is 0. The van der Waals surface area contributed by atoms with Crippen LogP contribution < -0.4 is 20.1 Å². The molecule has 0 unspecified atom stereocenters. The Hall–Kier alpha value is -2.83. The fourth-order valence-electron chi connectivity index (χ4n) is 4.15. The number of rotatable bonds is 9. The van der Waals surface area contributed by atoms with Crippen molar-refractivity contribution in [1.29, 1.82) is 0 Å². The summed E-state index contributed by atoms with van der Waals surface area (Å²) >= 11 is 0. The van der Waals surface area contributed by atoms with Crippen LogP contribution >= 0.6 is 12.4 Å². The van der Waals surface area contributed by atoms with E-state index < -0.39 is 0 Å². The van der Waals surface area contributed by atoms with E-state index in [1.54, 1.807) is 14.2 Å². The Morgan fingerprint density at radius 3 is 2.30 bits per heavy atom. The molecule has 7 heteroatoms. The van der Waals surface area contributed by atoms with Gasteiger partial charge in [0.05, 0.1) is 25.3 Å². The molecule has 2 N–H and O–H groups in total. The molecule has 0 spiro atoms. The van der Waals surface area contributed by atoms with Crippen LogP contribution in [0.1, 0.15) is 36.9 Å². The van der Waals surface area contributed by atoms with Crippen LogP contribution in [0, 0.1) is 5.92 Å². The van der Waals surface area contributed by atoms with E-state index in [-0.39, 0.29) is 12.4 Å². The third kappa shape index (κ3) is 6.59. The standard InChI is InChI=1S/C26H32N4O2.ClH/c1-31-24-17-22-23(18-25(24)32-2)30-26(28-14-6-9-20-12-15-27-16-13-20)21(29-22)11-10-19-7-4-3-5-8-19;/h3-5,7-8,10-11,17-18,20,27H,6,9,12-16H2,1-2H3,(H,28,30);1H. The van der Waals surface area contributed by atoms with E-state index in [9.17, 15) is 0 Å². The maximum absolute atomic E-state index is 5.45. The van der Waals surface area contributed by atoms with Crippen LogP contribution in [0.4, 0.5) is 5.82 Å². The minimum Gasteiger partial charge on any atom is -0.493 e. The Morgan fingerprint density at radius 2 is 1.64 bits per heavy atom. The molecule has 0 saturated carbocycles. The highest BCUT2D eigenvalue weighted by Crippen LogP contribution is 2.32. The van der Waals surface area contributed by atoms with E-state index in [1.165, 1.54) is 19.3 Å². The lowest BCUT2D eigenvalue weighted by Crippen LogP contribution is -2.27. The predicted molar refractivity (Wildman–Crippen MR) is 139 cm³/mol. The van der Waals surface area contributed by atoms with Crippen LogP contribution in [0.3, 0.4) is 0 Å². The number of methoxy groups -OCH3 is 2. The molecule has 33 heavy (non-hydrogen) atoms. The van der Waals surface area contributed by atoms with E-state index in [4.69, 9.17) is 19.4 Å². The predicted octanol–water partition coefficient (Wildman–Crippen LogP) is 5.43. The first kappa shape index (κ1) is 24.8. The molecule has 1 aromatic heterocycles. The lowest BCUT2D eigenvalue weighted by molar-refractivity contribution is 0.350. The van der Waals surface area contributed by atoms with Gasteiger partial charge in [-0.05, 0) is 56.3 Å². The molecule has 0 bridgehead atoms. The zero-order valence-corrected chi connectivity index (χ0v) is 20.2. The summed E-state index contributed by atoms with van der Waals surface area (Å²) in [7, 11) is 3.26. The number of benzene rings is 2. The van der Waals surface area contributed by atoms with Crippen LogP contribution in [-0.4, -0.2) is 43.8 Å². The smallest absolute Gasteiger partial charge is 0.163 e. The summed E-state index contributed by atoms with van der Waals surface area (Å²) in [4.78, 5) is 9.77. The van der Waals surface area contributed by atoms with Crippen molar-refractivity contribution >= 4 is 41.4 Å².